The first-order chi connectivity index (χ1) is 13.4. The fourth-order valence-corrected chi connectivity index (χ4v) is 2.73. The summed E-state index contributed by atoms with van der Waals surface area (Å²) >= 11 is 0. The zero-order valence-corrected chi connectivity index (χ0v) is 15.8. The Balaban J connectivity index is 1.89. The van der Waals surface area contributed by atoms with Gasteiger partial charge in [-0.15, -0.1) is 0 Å². The summed E-state index contributed by atoms with van der Waals surface area (Å²) in [6, 6.07) is 5.72. The van der Waals surface area contributed by atoms with E-state index in [2.05, 4.69) is 15.4 Å². The summed E-state index contributed by atoms with van der Waals surface area (Å²) in [5.74, 6) is 0.139. The molecule has 2 atom stereocenters. The van der Waals surface area contributed by atoms with Gasteiger partial charge < -0.3 is 20.5 Å². The van der Waals surface area contributed by atoms with E-state index in [1.165, 1.54) is 30.0 Å². The van der Waals surface area contributed by atoms with Gasteiger partial charge in [0.25, 0.3) is 0 Å². The van der Waals surface area contributed by atoms with Gasteiger partial charge in [0.1, 0.15) is 29.1 Å². The first-order valence-electron chi connectivity index (χ1n) is 8.78. The highest BCUT2D eigenvalue weighted by molar-refractivity contribution is 5.95. The summed E-state index contributed by atoms with van der Waals surface area (Å²) in [6.07, 6.45) is 2.86. The molecule has 8 nitrogen and oxygen atoms in total. The number of ether oxygens (including phenoxy) is 2. The van der Waals surface area contributed by atoms with Crippen molar-refractivity contribution < 1.29 is 18.7 Å². The molecule has 3 N–H and O–H groups in total. The second-order valence-electron chi connectivity index (χ2n) is 6.34. The highest BCUT2D eigenvalue weighted by Crippen LogP contribution is 2.29. The van der Waals surface area contributed by atoms with Gasteiger partial charge in [-0.25, -0.2) is 18.7 Å². The number of methoxy groups -OCH3 is 1. The summed E-state index contributed by atoms with van der Waals surface area (Å²) in [5.41, 5.74) is 6.86. The maximum Gasteiger partial charge on any atom is 0.343 e. The SMILES string of the molecule is COC(=O)c1cnn2ccc(N[C@H](C)c3cc(F)ccc3O[C@@H](C)CN)nc12. The number of carbonyl (C=O) groups is 1. The lowest BCUT2D eigenvalue weighted by Crippen LogP contribution is -2.24. The molecule has 9 heteroatoms. The van der Waals surface area contributed by atoms with Crippen molar-refractivity contribution in [2.24, 2.45) is 5.73 Å². The topological polar surface area (TPSA) is 104 Å². The quantitative estimate of drug-likeness (QED) is 0.601. The van der Waals surface area contributed by atoms with Crippen LogP contribution in [0.2, 0.25) is 0 Å². The summed E-state index contributed by atoms with van der Waals surface area (Å²) in [5, 5.41) is 7.28. The first-order valence-corrected chi connectivity index (χ1v) is 8.78. The van der Waals surface area contributed by atoms with Gasteiger partial charge in [0, 0.05) is 18.3 Å². The van der Waals surface area contributed by atoms with E-state index in [0.29, 0.717) is 29.3 Å². The number of benzene rings is 1. The number of hydrogen-bond donors (Lipinski definition) is 2. The van der Waals surface area contributed by atoms with Crippen LogP contribution in [0.1, 0.15) is 35.8 Å². The van der Waals surface area contributed by atoms with Crippen LogP contribution in [0.3, 0.4) is 0 Å². The number of esters is 1. The third kappa shape index (κ3) is 4.04. The van der Waals surface area contributed by atoms with Crippen LogP contribution in [-0.4, -0.2) is 40.3 Å². The molecule has 0 saturated carbocycles. The zero-order valence-electron chi connectivity index (χ0n) is 15.8. The van der Waals surface area contributed by atoms with Crippen LogP contribution in [0.25, 0.3) is 5.65 Å². The number of nitrogens with zero attached hydrogens (tertiary/aromatic N) is 3. The van der Waals surface area contributed by atoms with E-state index in [4.69, 9.17) is 15.2 Å². The van der Waals surface area contributed by atoms with Crippen molar-refractivity contribution in [3.8, 4) is 5.75 Å². The molecule has 28 heavy (non-hydrogen) atoms. The molecule has 0 aliphatic heterocycles. The Morgan fingerprint density at radius 2 is 2.14 bits per heavy atom. The van der Waals surface area contributed by atoms with Gasteiger partial charge in [-0.3, -0.25) is 0 Å². The molecule has 0 radical (unpaired) electrons. The molecule has 2 aromatic heterocycles. The number of nitrogens with two attached hydrogens (primary N) is 1. The van der Waals surface area contributed by atoms with Crippen LogP contribution in [0.4, 0.5) is 10.2 Å². The van der Waals surface area contributed by atoms with Gasteiger partial charge >= 0.3 is 5.97 Å². The number of hydrogen-bond acceptors (Lipinski definition) is 7. The molecule has 1 aromatic carbocycles. The standard InChI is InChI=1S/C19H22FN5O3/c1-11(9-21)28-16-5-4-13(20)8-14(16)12(2)23-17-6-7-25-18(24-17)15(10-22-25)19(26)27-3/h4-8,10-12H,9,21H2,1-3H3,(H,23,24)/t11-,12+/m0/s1. The number of rotatable bonds is 7. The minimum absolute atomic E-state index is 0.208. The van der Waals surface area contributed by atoms with Crippen molar-refractivity contribution in [2.75, 3.05) is 19.0 Å². The van der Waals surface area contributed by atoms with E-state index >= 15 is 0 Å². The molecule has 0 aliphatic rings. The molecule has 0 unspecified atom stereocenters. The van der Waals surface area contributed by atoms with Gasteiger partial charge in [0.2, 0.25) is 0 Å². The molecule has 0 fully saturated rings. The molecule has 0 aliphatic carbocycles. The minimum Gasteiger partial charge on any atom is -0.489 e. The third-order valence-electron chi connectivity index (χ3n) is 4.24. The fraction of sp³-hybridized carbons (Fsp3) is 0.316. The molecule has 2 heterocycles. The third-order valence-corrected chi connectivity index (χ3v) is 4.24. The lowest BCUT2D eigenvalue weighted by Gasteiger charge is -2.21. The second-order valence-corrected chi connectivity index (χ2v) is 6.34. The van der Waals surface area contributed by atoms with Gasteiger partial charge in [-0.2, -0.15) is 5.10 Å². The van der Waals surface area contributed by atoms with Crippen molar-refractivity contribution in [2.45, 2.75) is 26.0 Å². The van der Waals surface area contributed by atoms with E-state index in [0.717, 1.165) is 0 Å². The predicted octanol–water partition coefficient (Wildman–Crippen LogP) is 2.55. The number of fused-ring (bicyclic) bond motifs is 1. The number of anilines is 1. The Bertz CT molecular complexity index is 991. The Morgan fingerprint density at radius 1 is 1.36 bits per heavy atom. The van der Waals surface area contributed by atoms with Crippen LogP contribution in [0.5, 0.6) is 5.75 Å². The average molecular weight is 387 g/mol. The molecule has 3 rings (SSSR count). The van der Waals surface area contributed by atoms with Gasteiger partial charge in [-0.1, -0.05) is 0 Å². The summed E-state index contributed by atoms with van der Waals surface area (Å²) in [6.45, 7) is 4.04. The van der Waals surface area contributed by atoms with Gasteiger partial charge in [0.15, 0.2) is 5.65 Å². The molecule has 3 aromatic rings. The predicted molar refractivity (Wildman–Crippen MR) is 102 cm³/mol. The van der Waals surface area contributed by atoms with Crippen molar-refractivity contribution in [3.63, 3.8) is 0 Å². The Morgan fingerprint density at radius 3 is 2.86 bits per heavy atom. The monoisotopic (exact) mass is 387 g/mol. The van der Waals surface area contributed by atoms with E-state index in [1.54, 1.807) is 18.3 Å². The van der Waals surface area contributed by atoms with Crippen molar-refractivity contribution in [1.29, 1.82) is 0 Å². The Hall–Kier alpha value is -3.20. The van der Waals surface area contributed by atoms with Crippen molar-refractivity contribution >= 4 is 17.4 Å². The van der Waals surface area contributed by atoms with Crippen LogP contribution < -0.4 is 15.8 Å². The molecule has 148 valence electrons. The lowest BCUT2D eigenvalue weighted by atomic mass is 10.1. The number of halogens is 1. The minimum atomic E-state index is -0.524. The molecular formula is C19H22FN5O3. The average Bonchev–Trinajstić information content (AvgIpc) is 3.11. The second kappa shape index (κ2) is 8.22. The van der Waals surface area contributed by atoms with Gasteiger partial charge in [-0.05, 0) is 38.1 Å². The van der Waals surface area contributed by atoms with E-state index in [1.807, 2.05) is 13.8 Å². The zero-order chi connectivity index (χ0) is 20.3. The Kier molecular flexibility index (Phi) is 5.74. The lowest BCUT2D eigenvalue weighted by molar-refractivity contribution is 0.0602. The maximum atomic E-state index is 13.8. The first kappa shape index (κ1) is 19.6. The highest BCUT2D eigenvalue weighted by Gasteiger charge is 2.18. The molecule has 0 amide bonds. The maximum absolute atomic E-state index is 13.8. The fourth-order valence-electron chi connectivity index (χ4n) is 2.73. The summed E-state index contributed by atoms with van der Waals surface area (Å²) in [7, 11) is 1.30. The van der Waals surface area contributed by atoms with E-state index in [-0.39, 0.29) is 23.5 Å². The Labute approximate surface area is 161 Å². The van der Waals surface area contributed by atoms with Crippen molar-refractivity contribution in [1.82, 2.24) is 14.6 Å². The number of nitrogens with one attached hydrogen (secondary N) is 1. The molecule has 0 bridgehead atoms. The van der Waals surface area contributed by atoms with E-state index < -0.39 is 5.97 Å². The highest BCUT2D eigenvalue weighted by atomic mass is 19.1. The molecular weight excluding hydrogens is 365 g/mol. The van der Waals surface area contributed by atoms with E-state index in [9.17, 15) is 9.18 Å². The van der Waals surface area contributed by atoms with Crippen LogP contribution in [0.15, 0.2) is 36.7 Å². The number of aromatic nitrogens is 3. The number of carbonyl (C=O) groups excluding carboxylic acids is 1. The smallest absolute Gasteiger partial charge is 0.343 e. The normalized spacial score (nSPS) is 13.2. The van der Waals surface area contributed by atoms with Crippen molar-refractivity contribution in [3.05, 3.63) is 53.6 Å². The molecule has 0 saturated heterocycles. The van der Waals surface area contributed by atoms with Gasteiger partial charge in [0.05, 0.1) is 19.3 Å². The van der Waals surface area contributed by atoms with Crippen LogP contribution in [-0.2, 0) is 4.74 Å². The van der Waals surface area contributed by atoms with Crippen LogP contribution in [0, 0.1) is 5.82 Å². The largest absolute Gasteiger partial charge is 0.489 e. The molecule has 0 spiro atoms. The summed E-state index contributed by atoms with van der Waals surface area (Å²) in [4.78, 5) is 16.3. The van der Waals surface area contributed by atoms with Crippen LogP contribution >= 0.6 is 0 Å². The summed E-state index contributed by atoms with van der Waals surface area (Å²) < 4.78 is 25.9.